The molecule has 118 valence electrons. The highest BCUT2D eigenvalue weighted by Crippen LogP contribution is 2.10. The minimum absolute atomic E-state index is 0.140. The van der Waals surface area contributed by atoms with Gasteiger partial charge in [-0.05, 0) is 6.92 Å². The smallest absolute Gasteiger partial charge is 0.251 e. The molecule has 0 radical (unpaired) electrons. The summed E-state index contributed by atoms with van der Waals surface area (Å²) >= 11 is 0. The van der Waals surface area contributed by atoms with Gasteiger partial charge in [0, 0.05) is 25.5 Å². The Kier molecular flexibility index (Phi) is 5.63. The molecule has 0 spiro atoms. The van der Waals surface area contributed by atoms with Crippen molar-refractivity contribution in [2.45, 2.75) is 32.5 Å². The molecule has 1 unspecified atom stereocenters. The number of halogens is 2. The number of morpholine rings is 1. The summed E-state index contributed by atoms with van der Waals surface area (Å²) in [6.07, 6.45) is 1.03. The lowest BCUT2D eigenvalue weighted by atomic mass is 10.2. The number of nitrogens with zero attached hydrogens (tertiary/aromatic N) is 3. The van der Waals surface area contributed by atoms with Crippen LogP contribution >= 0.6 is 0 Å². The van der Waals surface area contributed by atoms with Crippen LogP contribution in [0.15, 0.2) is 12.4 Å². The molecular formula is C13H20F2N4O2. The van der Waals surface area contributed by atoms with Gasteiger partial charge in [-0.2, -0.15) is 0 Å². The Balaban J connectivity index is 1.91. The van der Waals surface area contributed by atoms with Crippen LogP contribution in [0.2, 0.25) is 0 Å². The molecular weight excluding hydrogens is 282 g/mol. The van der Waals surface area contributed by atoms with Crippen LogP contribution in [0.5, 0.6) is 0 Å². The second kappa shape index (κ2) is 7.46. The summed E-state index contributed by atoms with van der Waals surface area (Å²) in [4.78, 5) is 17.8. The summed E-state index contributed by atoms with van der Waals surface area (Å²) in [7, 11) is 0. The molecule has 0 aliphatic carbocycles. The molecule has 2 heterocycles. The zero-order valence-electron chi connectivity index (χ0n) is 12.0. The number of aromatic nitrogens is 2. The normalized spacial score (nSPS) is 19.9. The summed E-state index contributed by atoms with van der Waals surface area (Å²) < 4.78 is 32.2. The van der Waals surface area contributed by atoms with Crippen molar-refractivity contribution in [3.63, 3.8) is 0 Å². The van der Waals surface area contributed by atoms with Crippen molar-refractivity contribution in [2.24, 2.45) is 0 Å². The highest BCUT2D eigenvalue weighted by Gasteiger charge is 2.31. The standard InChI is InChI=1S/C13H20F2N4O2/c1-2-18-4-3-16-12(18)7-17-13(20)10-9-21-6-5-19(10)8-11(14)15/h3-4,10-11H,2,5-9H2,1H3,(H,17,20). The van der Waals surface area contributed by atoms with E-state index in [4.69, 9.17) is 4.74 Å². The minimum Gasteiger partial charge on any atom is -0.378 e. The first-order valence-corrected chi connectivity index (χ1v) is 6.99. The van der Waals surface area contributed by atoms with Gasteiger partial charge in [-0.25, -0.2) is 13.8 Å². The zero-order valence-corrected chi connectivity index (χ0v) is 12.0. The molecule has 1 aromatic heterocycles. The Hall–Kier alpha value is -1.54. The number of rotatable bonds is 6. The van der Waals surface area contributed by atoms with Gasteiger partial charge < -0.3 is 14.6 Å². The number of imidazole rings is 1. The predicted octanol–water partition coefficient (Wildman–Crippen LogP) is 0.485. The van der Waals surface area contributed by atoms with Crippen LogP contribution in [-0.2, 0) is 22.6 Å². The third-order valence-electron chi connectivity index (χ3n) is 3.48. The Morgan fingerprint density at radius 2 is 2.43 bits per heavy atom. The van der Waals surface area contributed by atoms with Gasteiger partial charge in [0.15, 0.2) is 0 Å². The van der Waals surface area contributed by atoms with Crippen LogP contribution in [0, 0.1) is 0 Å². The highest BCUT2D eigenvalue weighted by molar-refractivity contribution is 5.81. The number of hydrogen-bond donors (Lipinski definition) is 1. The fourth-order valence-electron chi connectivity index (χ4n) is 2.35. The van der Waals surface area contributed by atoms with Crippen LogP contribution in [0.25, 0.3) is 0 Å². The number of alkyl halides is 2. The van der Waals surface area contributed by atoms with Gasteiger partial charge in [0.05, 0.1) is 26.3 Å². The van der Waals surface area contributed by atoms with Crippen LogP contribution in [-0.4, -0.2) is 59.1 Å². The number of hydrogen-bond acceptors (Lipinski definition) is 4. The van der Waals surface area contributed by atoms with E-state index in [2.05, 4.69) is 10.3 Å². The lowest BCUT2D eigenvalue weighted by molar-refractivity contribution is -0.134. The molecule has 8 heteroatoms. The van der Waals surface area contributed by atoms with E-state index in [0.717, 1.165) is 12.4 Å². The van der Waals surface area contributed by atoms with Crippen molar-refractivity contribution >= 4 is 5.91 Å². The van der Waals surface area contributed by atoms with E-state index in [1.807, 2.05) is 17.7 Å². The summed E-state index contributed by atoms with van der Waals surface area (Å²) in [5.74, 6) is 0.434. The van der Waals surface area contributed by atoms with Gasteiger partial charge >= 0.3 is 0 Å². The molecule has 1 amide bonds. The van der Waals surface area contributed by atoms with Gasteiger partial charge in [0.2, 0.25) is 5.91 Å². The largest absolute Gasteiger partial charge is 0.378 e. The number of carbonyl (C=O) groups excluding carboxylic acids is 1. The molecule has 1 aliphatic rings. The van der Waals surface area contributed by atoms with Crippen LogP contribution in [0.3, 0.4) is 0 Å². The fourth-order valence-corrected chi connectivity index (χ4v) is 2.35. The minimum atomic E-state index is -2.46. The third-order valence-corrected chi connectivity index (χ3v) is 3.48. The number of carbonyl (C=O) groups is 1. The first kappa shape index (κ1) is 15.8. The molecule has 2 rings (SSSR count). The van der Waals surface area contributed by atoms with E-state index < -0.39 is 19.0 Å². The molecule has 21 heavy (non-hydrogen) atoms. The quantitative estimate of drug-likeness (QED) is 0.830. The summed E-state index contributed by atoms with van der Waals surface area (Å²) in [5.41, 5.74) is 0. The maximum Gasteiger partial charge on any atom is 0.251 e. The molecule has 0 saturated carbocycles. The summed E-state index contributed by atoms with van der Waals surface area (Å²) in [6.45, 7) is 3.45. The van der Waals surface area contributed by atoms with E-state index in [1.54, 1.807) is 6.20 Å². The van der Waals surface area contributed by atoms with E-state index in [0.29, 0.717) is 13.2 Å². The van der Waals surface area contributed by atoms with Crippen LogP contribution in [0.4, 0.5) is 8.78 Å². The van der Waals surface area contributed by atoms with Crippen LogP contribution in [0.1, 0.15) is 12.7 Å². The van der Waals surface area contributed by atoms with Gasteiger partial charge in [-0.15, -0.1) is 0 Å². The molecule has 1 saturated heterocycles. The van der Waals surface area contributed by atoms with Crippen LogP contribution < -0.4 is 5.32 Å². The molecule has 1 atom stereocenters. The summed E-state index contributed by atoms with van der Waals surface area (Å²) in [5, 5.41) is 2.74. The lowest BCUT2D eigenvalue weighted by Gasteiger charge is -2.34. The van der Waals surface area contributed by atoms with Gasteiger partial charge in [0.25, 0.3) is 6.43 Å². The molecule has 1 fully saturated rings. The predicted molar refractivity (Wildman–Crippen MR) is 71.9 cm³/mol. The fraction of sp³-hybridized carbons (Fsp3) is 0.692. The maximum absolute atomic E-state index is 12.5. The van der Waals surface area contributed by atoms with E-state index in [9.17, 15) is 13.6 Å². The average Bonchev–Trinajstić information content (AvgIpc) is 2.92. The topological polar surface area (TPSA) is 59.4 Å². The number of amides is 1. The van der Waals surface area contributed by atoms with Crippen molar-refractivity contribution in [1.29, 1.82) is 0 Å². The number of ether oxygens (including phenoxy) is 1. The van der Waals surface area contributed by atoms with Crippen molar-refractivity contribution in [3.05, 3.63) is 18.2 Å². The zero-order chi connectivity index (χ0) is 15.2. The Bertz CT molecular complexity index is 467. The van der Waals surface area contributed by atoms with Crippen molar-refractivity contribution < 1.29 is 18.3 Å². The molecule has 1 N–H and O–H groups in total. The second-order valence-electron chi connectivity index (χ2n) is 4.82. The molecule has 1 aliphatic heterocycles. The molecule has 1 aromatic rings. The number of nitrogens with one attached hydrogen (secondary N) is 1. The first-order chi connectivity index (χ1) is 10.1. The first-order valence-electron chi connectivity index (χ1n) is 6.99. The van der Waals surface area contributed by atoms with Crippen molar-refractivity contribution in [3.8, 4) is 0 Å². The molecule has 0 aromatic carbocycles. The van der Waals surface area contributed by atoms with E-state index in [-0.39, 0.29) is 19.1 Å². The SMILES string of the molecule is CCn1ccnc1CNC(=O)C1COCCN1CC(F)F. The monoisotopic (exact) mass is 302 g/mol. The van der Waals surface area contributed by atoms with E-state index in [1.165, 1.54) is 4.90 Å². The summed E-state index contributed by atoms with van der Waals surface area (Å²) in [6, 6.07) is -0.669. The average molecular weight is 302 g/mol. The maximum atomic E-state index is 12.5. The Morgan fingerprint density at radius 3 is 3.14 bits per heavy atom. The van der Waals surface area contributed by atoms with Crippen molar-refractivity contribution in [1.82, 2.24) is 19.8 Å². The van der Waals surface area contributed by atoms with Gasteiger partial charge in [-0.3, -0.25) is 9.69 Å². The number of aryl methyl sites for hydroxylation is 1. The van der Waals surface area contributed by atoms with Crippen molar-refractivity contribution in [2.75, 3.05) is 26.3 Å². The molecule has 0 bridgehead atoms. The highest BCUT2D eigenvalue weighted by atomic mass is 19.3. The second-order valence-corrected chi connectivity index (χ2v) is 4.82. The van der Waals surface area contributed by atoms with E-state index >= 15 is 0 Å². The Labute approximate surface area is 122 Å². The third kappa shape index (κ3) is 4.21. The molecule has 6 nitrogen and oxygen atoms in total. The Morgan fingerprint density at radius 1 is 1.62 bits per heavy atom. The van der Waals surface area contributed by atoms with Gasteiger partial charge in [0.1, 0.15) is 11.9 Å². The lowest BCUT2D eigenvalue weighted by Crippen LogP contribution is -2.54. The van der Waals surface area contributed by atoms with Gasteiger partial charge in [-0.1, -0.05) is 0 Å².